The predicted molar refractivity (Wildman–Crippen MR) is 50.9 cm³/mol. The van der Waals surface area contributed by atoms with E-state index in [1.54, 1.807) is 14.0 Å². The van der Waals surface area contributed by atoms with Crippen LogP contribution in [0.1, 0.15) is 24.2 Å². The first kappa shape index (κ1) is 10.2. The normalized spacial score (nSPS) is 12.8. The second kappa shape index (κ2) is 4.97. The van der Waals surface area contributed by atoms with Crippen molar-refractivity contribution in [3.8, 4) is 0 Å². The highest BCUT2D eigenvalue weighted by Gasteiger charge is 1.99. The highest BCUT2D eigenvalue weighted by molar-refractivity contribution is 5.23. The molecular weight excluding hydrogens is 166 g/mol. The second-order valence-electron chi connectivity index (χ2n) is 2.94. The molecular formula is C10H15NO2. The molecule has 1 atom stereocenters. The number of hydrogen-bond donors (Lipinski definition) is 2. The van der Waals surface area contributed by atoms with Crippen LogP contribution in [0.2, 0.25) is 0 Å². The van der Waals surface area contributed by atoms with Crippen molar-refractivity contribution in [3.63, 3.8) is 0 Å². The molecule has 0 bridgehead atoms. The van der Waals surface area contributed by atoms with Crippen molar-refractivity contribution in [2.24, 2.45) is 0 Å². The number of nitrogens with one attached hydrogen (secondary N) is 1. The van der Waals surface area contributed by atoms with Gasteiger partial charge in [-0.05, 0) is 18.1 Å². The van der Waals surface area contributed by atoms with Crippen molar-refractivity contribution < 1.29 is 9.94 Å². The van der Waals surface area contributed by atoms with Gasteiger partial charge in [0, 0.05) is 6.54 Å². The van der Waals surface area contributed by atoms with Crippen LogP contribution in [0, 0.1) is 0 Å². The van der Waals surface area contributed by atoms with Gasteiger partial charge in [-0.3, -0.25) is 0 Å². The number of benzene rings is 1. The maximum absolute atomic E-state index is 9.25. The van der Waals surface area contributed by atoms with Gasteiger partial charge in [-0.1, -0.05) is 24.3 Å². The van der Waals surface area contributed by atoms with Crippen LogP contribution >= 0.6 is 0 Å². The van der Waals surface area contributed by atoms with Gasteiger partial charge in [0.2, 0.25) is 0 Å². The minimum atomic E-state index is -0.399. The Morgan fingerprint density at radius 2 is 2.00 bits per heavy atom. The van der Waals surface area contributed by atoms with E-state index in [-0.39, 0.29) is 0 Å². The summed E-state index contributed by atoms with van der Waals surface area (Å²) in [5, 5.41) is 9.25. The van der Waals surface area contributed by atoms with Gasteiger partial charge in [0.05, 0.1) is 13.2 Å². The Morgan fingerprint density at radius 3 is 2.46 bits per heavy atom. The van der Waals surface area contributed by atoms with Gasteiger partial charge in [0.25, 0.3) is 0 Å². The molecule has 13 heavy (non-hydrogen) atoms. The molecule has 0 heterocycles. The zero-order valence-electron chi connectivity index (χ0n) is 7.95. The molecule has 0 aliphatic rings. The number of hydroxylamine groups is 1. The maximum atomic E-state index is 9.25. The zero-order chi connectivity index (χ0) is 9.68. The van der Waals surface area contributed by atoms with E-state index in [4.69, 9.17) is 4.84 Å². The lowest BCUT2D eigenvalue weighted by atomic mass is 10.1. The predicted octanol–water partition coefficient (Wildman–Crippen LogP) is 1.39. The third-order valence-corrected chi connectivity index (χ3v) is 1.88. The first-order valence-corrected chi connectivity index (χ1v) is 4.27. The van der Waals surface area contributed by atoms with E-state index in [0.29, 0.717) is 6.54 Å². The molecule has 0 amide bonds. The molecule has 3 nitrogen and oxygen atoms in total. The summed E-state index contributed by atoms with van der Waals surface area (Å²) in [6.07, 6.45) is -0.399. The third-order valence-electron chi connectivity index (χ3n) is 1.88. The van der Waals surface area contributed by atoms with Gasteiger partial charge in [-0.25, -0.2) is 0 Å². The van der Waals surface area contributed by atoms with Crippen LogP contribution in [0.4, 0.5) is 0 Å². The van der Waals surface area contributed by atoms with Gasteiger partial charge in [0.1, 0.15) is 0 Å². The average Bonchev–Trinajstić information content (AvgIpc) is 2.15. The van der Waals surface area contributed by atoms with E-state index in [0.717, 1.165) is 11.1 Å². The Bertz CT molecular complexity index is 244. The van der Waals surface area contributed by atoms with Gasteiger partial charge in [-0.2, -0.15) is 5.48 Å². The molecule has 0 aliphatic heterocycles. The number of rotatable bonds is 4. The van der Waals surface area contributed by atoms with Crippen LogP contribution in [0.15, 0.2) is 24.3 Å². The van der Waals surface area contributed by atoms with Crippen LogP contribution in [0.3, 0.4) is 0 Å². The van der Waals surface area contributed by atoms with Gasteiger partial charge < -0.3 is 9.94 Å². The Labute approximate surface area is 78.3 Å². The maximum Gasteiger partial charge on any atom is 0.0761 e. The Morgan fingerprint density at radius 1 is 1.38 bits per heavy atom. The molecule has 0 spiro atoms. The van der Waals surface area contributed by atoms with Crippen molar-refractivity contribution in [1.82, 2.24) is 5.48 Å². The molecule has 2 N–H and O–H groups in total. The molecule has 1 rings (SSSR count). The van der Waals surface area contributed by atoms with Crippen molar-refractivity contribution in [2.75, 3.05) is 7.11 Å². The Balaban J connectivity index is 2.59. The smallest absolute Gasteiger partial charge is 0.0761 e. The first-order valence-electron chi connectivity index (χ1n) is 4.27. The van der Waals surface area contributed by atoms with E-state index in [2.05, 4.69) is 5.48 Å². The number of aliphatic hydroxyl groups is 1. The van der Waals surface area contributed by atoms with Crippen molar-refractivity contribution >= 4 is 0 Å². The van der Waals surface area contributed by atoms with Crippen LogP contribution in [-0.4, -0.2) is 12.2 Å². The van der Waals surface area contributed by atoms with Crippen molar-refractivity contribution in [3.05, 3.63) is 35.4 Å². The molecule has 3 heteroatoms. The van der Waals surface area contributed by atoms with E-state index >= 15 is 0 Å². The highest BCUT2D eigenvalue weighted by Crippen LogP contribution is 2.12. The summed E-state index contributed by atoms with van der Waals surface area (Å²) in [5.41, 5.74) is 4.81. The first-order chi connectivity index (χ1) is 6.24. The van der Waals surface area contributed by atoms with Gasteiger partial charge in [0.15, 0.2) is 0 Å². The molecule has 1 aromatic carbocycles. The fourth-order valence-corrected chi connectivity index (χ4v) is 1.07. The lowest BCUT2D eigenvalue weighted by Crippen LogP contribution is -2.10. The number of hydrogen-bond acceptors (Lipinski definition) is 3. The van der Waals surface area contributed by atoms with Crippen LogP contribution in [0.25, 0.3) is 0 Å². The van der Waals surface area contributed by atoms with Crippen molar-refractivity contribution in [1.29, 1.82) is 0 Å². The summed E-state index contributed by atoms with van der Waals surface area (Å²) >= 11 is 0. The molecule has 0 saturated heterocycles. The van der Waals surface area contributed by atoms with Crippen molar-refractivity contribution in [2.45, 2.75) is 19.6 Å². The third kappa shape index (κ3) is 3.14. The van der Waals surface area contributed by atoms with E-state index in [9.17, 15) is 5.11 Å². The highest BCUT2D eigenvalue weighted by atomic mass is 16.6. The lowest BCUT2D eigenvalue weighted by molar-refractivity contribution is 0.0867. The fourth-order valence-electron chi connectivity index (χ4n) is 1.07. The molecule has 0 aromatic heterocycles. The fraction of sp³-hybridized carbons (Fsp3) is 0.400. The van der Waals surface area contributed by atoms with Gasteiger partial charge >= 0.3 is 0 Å². The van der Waals surface area contributed by atoms with E-state index in [1.165, 1.54) is 0 Å². The minimum absolute atomic E-state index is 0.399. The summed E-state index contributed by atoms with van der Waals surface area (Å²) in [6, 6.07) is 7.76. The molecule has 1 aromatic rings. The summed E-state index contributed by atoms with van der Waals surface area (Å²) in [4.78, 5) is 4.72. The monoisotopic (exact) mass is 181 g/mol. The zero-order valence-corrected chi connectivity index (χ0v) is 7.95. The summed E-state index contributed by atoms with van der Waals surface area (Å²) in [6.45, 7) is 2.43. The van der Waals surface area contributed by atoms with E-state index in [1.807, 2.05) is 24.3 Å². The molecule has 1 unspecified atom stereocenters. The number of aliphatic hydroxyl groups excluding tert-OH is 1. The molecule has 72 valence electrons. The van der Waals surface area contributed by atoms with Crippen LogP contribution in [-0.2, 0) is 11.4 Å². The standard InChI is InChI=1S/C10H15NO2/c1-8(12)10-5-3-9(4-6-10)7-11-13-2/h3-6,8,11-12H,7H2,1-2H3. The van der Waals surface area contributed by atoms with E-state index < -0.39 is 6.10 Å². The van der Waals surface area contributed by atoms with Crippen LogP contribution in [0.5, 0.6) is 0 Å². The lowest BCUT2D eigenvalue weighted by Gasteiger charge is -2.06. The molecule has 0 saturated carbocycles. The topological polar surface area (TPSA) is 41.5 Å². The molecule has 0 radical (unpaired) electrons. The summed E-state index contributed by atoms with van der Waals surface area (Å²) in [5.74, 6) is 0. The SMILES string of the molecule is CONCc1ccc(C(C)O)cc1. The molecule has 0 fully saturated rings. The quantitative estimate of drug-likeness (QED) is 0.690. The largest absolute Gasteiger partial charge is 0.389 e. The molecule has 0 aliphatic carbocycles. The van der Waals surface area contributed by atoms with Gasteiger partial charge in [-0.15, -0.1) is 0 Å². The summed E-state index contributed by atoms with van der Waals surface area (Å²) < 4.78 is 0. The second-order valence-corrected chi connectivity index (χ2v) is 2.94. The average molecular weight is 181 g/mol. The van der Waals surface area contributed by atoms with Crippen LogP contribution < -0.4 is 5.48 Å². The Hall–Kier alpha value is -0.900. The minimum Gasteiger partial charge on any atom is -0.389 e. The Kier molecular flexibility index (Phi) is 3.89. The summed E-state index contributed by atoms with van der Waals surface area (Å²) in [7, 11) is 1.59.